The molecule has 6 rings (SSSR count). The number of hydrogen-bond donors (Lipinski definition) is 4. The fourth-order valence-corrected chi connectivity index (χ4v) is 5.48. The predicted octanol–water partition coefficient (Wildman–Crippen LogP) is 6.19. The smallest absolute Gasteiger partial charge is 0.315 e. The Morgan fingerprint density at radius 1 is 0.579 bits per heavy atom. The Kier molecular flexibility index (Phi) is 5.83. The van der Waals surface area contributed by atoms with Crippen LogP contribution in [0.25, 0.3) is 32.3 Å². The lowest BCUT2D eigenvalue weighted by Gasteiger charge is -2.23. The van der Waals surface area contributed by atoms with Crippen molar-refractivity contribution in [1.82, 2.24) is 21.3 Å². The minimum Gasteiger partial charge on any atom is -0.334 e. The second-order valence-electron chi connectivity index (χ2n) is 11.2. The lowest BCUT2D eigenvalue weighted by atomic mass is 9.82. The molecule has 1 aliphatic heterocycles. The summed E-state index contributed by atoms with van der Waals surface area (Å²) in [5.41, 5.74) is 5.34. The van der Waals surface area contributed by atoms with Gasteiger partial charge in [-0.2, -0.15) is 0 Å². The van der Waals surface area contributed by atoms with E-state index < -0.39 is 0 Å². The molecule has 4 amide bonds. The van der Waals surface area contributed by atoms with Crippen LogP contribution in [0.3, 0.4) is 0 Å². The molecule has 38 heavy (non-hydrogen) atoms. The molecule has 0 atom stereocenters. The number of carbonyl (C=O) groups is 2. The molecule has 4 N–H and O–H groups in total. The van der Waals surface area contributed by atoms with Gasteiger partial charge in [0.05, 0.1) is 0 Å². The Balaban J connectivity index is 1.47. The van der Waals surface area contributed by atoms with Crippen molar-refractivity contribution >= 4 is 44.4 Å². The molecule has 6 nitrogen and oxygen atoms in total. The zero-order chi connectivity index (χ0) is 26.4. The number of hydrogen-bond acceptors (Lipinski definition) is 2. The fourth-order valence-electron chi connectivity index (χ4n) is 5.48. The quantitative estimate of drug-likeness (QED) is 0.190. The second-order valence-corrected chi connectivity index (χ2v) is 11.2. The Morgan fingerprint density at radius 2 is 1.08 bits per heavy atom. The van der Waals surface area contributed by atoms with Gasteiger partial charge in [-0.15, -0.1) is 0 Å². The highest BCUT2D eigenvalue weighted by molar-refractivity contribution is 6.24. The molecule has 192 valence electrons. The molecule has 5 aromatic rings. The molecule has 0 fully saturated rings. The summed E-state index contributed by atoms with van der Waals surface area (Å²) < 4.78 is 0. The number of amides is 4. The molecular weight excluding hydrogens is 472 g/mol. The van der Waals surface area contributed by atoms with Gasteiger partial charge >= 0.3 is 12.1 Å². The van der Waals surface area contributed by atoms with E-state index in [1.165, 1.54) is 27.1 Å². The molecule has 1 aliphatic rings. The van der Waals surface area contributed by atoms with E-state index >= 15 is 0 Å². The van der Waals surface area contributed by atoms with Crippen LogP contribution < -0.4 is 21.3 Å². The minimum absolute atomic E-state index is 0.0400. The van der Waals surface area contributed by atoms with Crippen molar-refractivity contribution in [2.45, 2.75) is 52.4 Å². The second kappa shape index (κ2) is 9.21. The van der Waals surface area contributed by atoms with Crippen molar-refractivity contribution in [1.29, 1.82) is 0 Å². The third kappa shape index (κ3) is 4.47. The molecule has 0 saturated carbocycles. The first-order valence-corrected chi connectivity index (χ1v) is 13.1. The molecule has 0 spiro atoms. The van der Waals surface area contributed by atoms with E-state index in [0.29, 0.717) is 26.2 Å². The van der Waals surface area contributed by atoms with Crippen LogP contribution in [-0.2, 0) is 31.6 Å². The van der Waals surface area contributed by atoms with Crippen molar-refractivity contribution in [2.24, 2.45) is 0 Å². The van der Waals surface area contributed by atoms with Gasteiger partial charge in [0.2, 0.25) is 0 Å². The summed E-state index contributed by atoms with van der Waals surface area (Å²) >= 11 is 0. The molecule has 0 unspecified atom stereocenters. The monoisotopic (exact) mass is 504 g/mol. The average molecular weight is 505 g/mol. The molecule has 0 aromatic heterocycles. The Morgan fingerprint density at radius 3 is 1.58 bits per heavy atom. The summed E-state index contributed by atoms with van der Waals surface area (Å²) in [5, 5.41) is 19.0. The van der Waals surface area contributed by atoms with Crippen molar-refractivity contribution in [2.75, 3.05) is 0 Å². The summed E-state index contributed by atoms with van der Waals surface area (Å²) in [7, 11) is 0. The zero-order valence-corrected chi connectivity index (χ0v) is 22.0. The summed E-state index contributed by atoms with van der Waals surface area (Å²) in [6, 6.07) is 22.8. The average Bonchev–Trinajstić information content (AvgIpc) is 2.90. The Bertz CT molecular complexity index is 1590. The van der Waals surface area contributed by atoms with E-state index in [-0.39, 0.29) is 17.5 Å². The third-order valence-corrected chi connectivity index (χ3v) is 7.53. The maximum Gasteiger partial charge on any atom is 0.315 e. The van der Waals surface area contributed by atoms with Gasteiger partial charge in [-0.05, 0) is 65.5 Å². The highest BCUT2D eigenvalue weighted by Gasteiger charge is 2.19. The van der Waals surface area contributed by atoms with Crippen molar-refractivity contribution in [3.8, 4) is 0 Å². The van der Waals surface area contributed by atoms with Gasteiger partial charge in [-0.25, -0.2) is 9.59 Å². The van der Waals surface area contributed by atoms with Crippen molar-refractivity contribution in [3.63, 3.8) is 0 Å². The van der Waals surface area contributed by atoms with Crippen LogP contribution in [0.15, 0.2) is 66.7 Å². The highest BCUT2D eigenvalue weighted by atomic mass is 16.2. The molecule has 1 heterocycles. The molecule has 6 heteroatoms. The summed E-state index contributed by atoms with van der Waals surface area (Å²) in [4.78, 5) is 25.4. The summed E-state index contributed by atoms with van der Waals surface area (Å²) in [6.45, 7) is 8.29. The summed E-state index contributed by atoms with van der Waals surface area (Å²) in [5.74, 6) is 0. The van der Waals surface area contributed by atoms with Gasteiger partial charge in [0.1, 0.15) is 0 Å². The van der Waals surface area contributed by atoms with E-state index in [0.717, 1.165) is 33.0 Å². The lowest BCUT2D eigenvalue weighted by Crippen LogP contribution is -2.36. The SMILES string of the molecule is CC(C)(C)c1cc2ccc3c4cc(c5ccc(c1)c2c35)CNC(=O)NCc1cccc(c1)CNC(=O)NC4. The van der Waals surface area contributed by atoms with Gasteiger partial charge in [-0.1, -0.05) is 87.5 Å². The first-order valence-electron chi connectivity index (χ1n) is 13.1. The van der Waals surface area contributed by atoms with Gasteiger partial charge in [-0.3, -0.25) is 0 Å². The van der Waals surface area contributed by atoms with Gasteiger partial charge in [0.15, 0.2) is 0 Å². The predicted molar refractivity (Wildman–Crippen MR) is 153 cm³/mol. The molecule has 0 saturated heterocycles. The topological polar surface area (TPSA) is 82.3 Å². The third-order valence-electron chi connectivity index (χ3n) is 7.53. The highest BCUT2D eigenvalue weighted by Crippen LogP contribution is 2.40. The van der Waals surface area contributed by atoms with E-state index in [1.807, 2.05) is 24.3 Å². The summed E-state index contributed by atoms with van der Waals surface area (Å²) in [6.07, 6.45) is 0. The van der Waals surface area contributed by atoms with Crippen LogP contribution in [0.1, 0.15) is 48.6 Å². The van der Waals surface area contributed by atoms with Gasteiger partial charge in [0.25, 0.3) is 0 Å². The standard InChI is InChI=1S/C32H32N4O2/c1-32(2,3)25-13-21-7-9-26-23-12-24(27-10-8-22(14-25)28(21)29(26)27)18-36-31(38)34-16-20-6-4-5-19(11-20)15-33-30(37)35-17-23/h4-14H,15-18H2,1-3H3,(H2,33,35,37)(H2,34,36,38). The number of rotatable bonds is 0. The first kappa shape index (κ1) is 24.0. The molecule has 0 aliphatic carbocycles. The largest absolute Gasteiger partial charge is 0.334 e. The van der Waals surface area contributed by atoms with Crippen LogP contribution in [0, 0.1) is 0 Å². The fraction of sp³-hybridized carbons (Fsp3) is 0.250. The molecule has 5 aromatic carbocycles. The first-order chi connectivity index (χ1) is 18.3. The number of benzene rings is 5. The van der Waals surface area contributed by atoms with Crippen molar-refractivity contribution in [3.05, 3.63) is 94.5 Å². The zero-order valence-electron chi connectivity index (χ0n) is 22.0. The molecule has 4 bridgehead atoms. The molecule has 0 radical (unpaired) electrons. The van der Waals surface area contributed by atoms with Crippen LogP contribution >= 0.6 is 0 Å². The lowest BCUT2D eigenvalue weighted by molar-refractivity contribution is 0.239. The number of carbonyl (C=O) groups excluding carboxylic acids is 2. The van der Waals surface area contributed by atoms with Crippen LogP contribution in [-0.4, -0.2) is 12.1 Å². The van der Waals surface area contributed by atoms with Gasteiger partial charge in [0, 0.05) is 26.2 Å². The number of urea groups is 2. The van der Waals surface area contributed by atoms with Gasteiger partial charge < -0.3 is 21.3 Å². The van der Waals surface area contributed by atoms with E-state index in [1.54, 1.807) is 0 Å². The van der Waals surface area contributed by atoms with E-state index in [2.05, 4.69) is 84.5 Å². The van der Waals surface area contributed by atoms with Crippen LogP contribution in [0.5, 0.6) is 0 Å². The number of fused-ring (bicyclic) bond motifs is 6. The van der Waals surface area contributed by atoms with E-state index in [9.17, 15) is 9.59 Å². The maximum absolute atomic E-state index is 12.7. The maximum atomic E-state index is 12.7. The Labute approximate surface area is 222 Å². The van der Waals surface area contributed by atoms with Crippen LogP contribution in [0.4, 0.5) is 9.59 Å². The van der Waals surface area contributed by atoms with Crippen molar-refractivity contribution < 1.29 is 9.59 Å². The molecular formula is C32H32N4O2. The Hall–Kier alpha value is -4.32. The normalized spacial score (nSPS) is 15.2. The number of nitrogens with one attached hydrogen (secondary N) is 4. The minimum atomic E-state index is -0.212. The van der Waals surface area contributed by atoms with Crippen LogP contribution in [0.2, 0.25) is 0 Å². The van der Waals surface area contributed by atoms with E-state index in [4.69, 9.17) is 0 Å².